The lowest BCUT2D eigenvalue weighted by molar-refractivity contribution is 0.102. The lowest BCUT2D eigenvalue weighted by Crippen LogP contribution is -2.15. The fourth-order valence-electron chi connectivity index (χ4n) is 2.30. The highest BCUT2D eigenvalue weighted by molar-refractivity contribution is 6.02. The van der Waals surface area contributed by atoms with Crippen LogP contribution in [0.15, 0.2) is 53.3 Å². The maximum absolute atomic E-state index is 12.0. The van der Waals surface area contributed by atoms with Crippen molar-refractivity contribution in [2.45, 2.75) is 19.8 Å². The Labute approximate surface area is 145 Å². The first-order valence-electron chi connectivity index (χ1n) is 8.05. The topological polar surface area (TPSA) is 92.9 Å². The summed E-state index contributed by atoms with van der Waals surface area (Å²) in [7, 11) is 0. The van der Waals surface area contributed by atoms with Gasteiger partial charge in [0.15, 0.2) is 5.82 Å². The highest BCUT2D eigenvalue weighted by Gasteiger charge is 2.10. The zero-order valence-electron chi connectivity index (χ0n) is 13.9. The van der Waals surface area contributed by atoms with Crippen molar-refractivity contribution in [1.29, 1.82) is 0 Å². The van der Waals surface area contributed by atoms with Gasteiger partial charge in [0.1, 0.15) is 17.3 Å². The second kappa shape index (κ2) is 8.05. The SMILES string of the molecule is Cc1cc(NC(=O)c2cnc(NCCCc3ccccc3)cn2)no1. The maximum Gasteiger partial charge on any atom is 0.277 e. The van der Waals surface area contributed by atoms with Crippen molar-refractivity contribution >= 4 is 17.5 Å². The Hall–Kier alpha value is -3.22. The van der Waals surface area contributed by atoms with E-state index in [1.165, 1.54) is 11.8 Å². The van der Waals surface area contributed by atoms with Crippen LogP contribution in [0.4, 0.5) is 11.6 Å². The third kappa shape index (κ3) is 4.87. The van der Waals surface area contributed by atoms with Crippen molar-refractivity contribution < 1.29 is 9.32 Å². The summed E-state index contributed by atoms with van der Waals surface area (Å²) in [4.78, 5) is 20.4. The molecule has 0 spiro atoms. The molecule has 25 heavy (non-hydrogen) atoms. The molecule has 7 heteroatoms. The predicted molar refractivity (Wildman–Crippen MR) is 94.5 cm³/mol. The van der Waals surface area contributed by atoms with Gasteiger partial charge in [-0.15, -0.1) is 0 Å². The minimum atomic E-state index is -0.378. The van der Waals surface area contributed by atoms with Crippen LogP contribution in [-0.2, 0) is 6.42 Å². The van der Waals surface area contributed by atoms with Crippen molar-refractivity contribution in [3.05, 3.63) is 65.8 Å². The summed E-state index contributed by atoms with van der Waals surface area (Å²) in [5.74, 6) is 1.24. The summed E-state index contributed by atoms with van der Waals surface area (Å²) in [6.45, 7) is 2.54. The molecule has 3 rings (SSSR count). The van der Waals surface area contributed by atoms with E-state index in [9.17, 15) is 4.79 Å². The third-order valence-corrected chi connectivity index (χ3v) is 3.55. The maximum atomic E-state index is 12.0. The molecule has 7 nitrogen and oxygen atoms in total. The van der Waals surface area contributed by atoms with Gasteiger partial charge in [-0.25, -0.2) is 9.97 Å². The first-order chi connectivity index (χ1) is 12.2. The highest BCUT2D eigenvalue weighted by Crippen LogP contribution is 2.09. The zero-order valence-corrected chi connectivity index (χ0v) is 13.9. The first-order valence-corrected chi connectivity index (χ1v) is 8.05. The van der Waals surface area contributed by atoms with E-state index in [-0.39, 0.29) is 11.6 Å². The fraction of sp³-hybridized carbons (Fsp3) is 0.222. The van der Waals surface area contributed by atoms with Gasteiger partial charge in [-0.3, -0.25) is 4.79 Å². The van der Waals surface area contributed by atoms with Crippen LogP contribution >= 0.6 is 0 Å². The van der Waals surface area contributed by atoms with Crippen LogP contribution in [0.25, 0.3) is 0 Å². The second-order valence-electron chi connectivity index (χ2n) is 5.58. The van der Waals surface area contributed by atoms with Gasteiger partial charge in [-0.1, -0.05) is 35.5 Å². The Morgan fingerprint density at radius 2 is 1.96 bits per heavy atom. The van der Waals surface area contributed by atoms with Crippen molar-refractivity contribution in [2.24, 2.45) is 0 Å². The number of carbonyl (C=O) groups excluding carboxylic acids is 1. The van der Waals surface area contributed by atoms with Gasteiger partial charge in [-0.2, -0.15) is 0 Å². The van der Waals surface area contributed by atoms with E-state index in [1.807, 2.05) is 18.2 Å². The van der Waals surface area contributed by atoms with Crippen molar-refractivity contribution in [1.82, 2.24) is 15.1 Å². The summed E-state index contributed by atoms with van der Waals surface area (Å²) in [6.07, 6.45) is 4.96. The van der Waals surface area contributed by atoms with Gasteiger partial charge in [0.25, 0.3) is 5.91 Å². The number of benzene rings is 1. The fourth-order valence-corrected chi connectivity index (χ4v) is 2.30. The average Bonchev–Trinajstić information content (AvgIpc) is 3.05. The molecule has 2 N–H and O–H groups in total. The van der Waals surface area contributed by atoms with Crippen molar-refractivity contribution in [2.75, 3.05) is 17.2 Å². The summed E-state index contributed by atoms with van der Waals surface area (Å²) < 4.78 is 4.90. The van der Waals surface area contributed by atoms with Gasteiger partial charge in [0, 0.05) is 12.6 Å². The van der Waals surface area contributed by atoms with Crippen LogP contribution < -0.4 is 10.6 Å². The van der Waals surface area contributed by atoms with Crippen LogP contribution in [0, 0.1) is 6.92 Å². The van der Waals surface area contributed by atoms with Gasteiger partial charge < -0.3 is 15.2 Å². The summed E-state index contributed by atoms with van der Waals surface area (Å²) in [6, 6.07) is 12.0. The van der Waals surface area contributed by atoms with Crippen LogP contribution in [0.1, 0.15) is 28.2 Å². The van der Waals surface area contributed by atoms with E-state index in [4.69, 9.17) is 4.52 Å². The van der Waals surface area contributed by atoms with E-state index < -0.39 is 0 Å². The largest absolute Gasteiger partial charge is 0.369 e. The summed E-state index contributed by atoms with van der Waals surface area (Å²) in [5, 5.41) is 9.51. The van der Waals surface area contributed by atoms with Crippen LogP contribution in [-0.4, -0.2) is 27.6 Å². The molecule has 0 fully saturated rings. The van der Waals surface area contributed by atoms with Gasteiger partial charge in [-0.05, 0) is 25.3 Å². The third-order valence-electron chi connectivity index (χ3n) is 3.55. The second-order valence-corrected chi connectivity index (χ2v) is 5.58. The van der Waals surface area contributed by atoms with E-state index in [0.717, 1.165) is 19.4 Å². The number of rotatable bonds is 7. The van der Waals surface area contributed by atoms with Gasteiger partial charge in [0.2, 0.25) is 0 Å². The number of amides is 1. The number of nitrogens with zero attached hydrogens (tertiary/aromatic N) is 3. The minimum absolute atomic E-state index is 0.218. The number of aryl methyl sites for hydroxylation is 2. The van der Waals surface area contributed by atoms with E-state index in [2.05, 4.69) is 37.9 Å². The molecule has 0 aliphatic carbocycles. The van der Waals surface area contributed by atoms with E-state index >= 15 is 0 Å². The van der Waals surface area contributed by atoms with Crippen LogP contribution in [0.2, 0.25) is 0 Å². The number of anilines is 2. The monoisotopic (exact) mass is 337 g/mol. The number of hydrogen-bond donors (Lipinski definition) is 2. The molecule has 0 saturated carbocycles. The smallest absolute Gasteiger partial charge is 0.277 e. The molecule has 1 aromatic carbocycles. The molecule has 0 atom stereocenters. The molecule has 0 bridgehead atoms. The molecular formula is C18H19N5O2. The van der Waals surface area contributed by atoms with Crippen LogP contribution in [0.5, 0.6) is 0 Å². The van der Waals surface area contributed by atoms with E-state index in [1.54, 1.807) is 19.2 Å². The molecule has 0 aliphatic heterocycles. The zero-order chi connectivity index (χ0) is 17.5. The lowest BCUT2D eigenvalue weighted by Gasteiger charge is -2.06. The van der Waals surface area contributed by atoms with Gasteiger partial charge >= 0.3 is 0 Å². The number of hydrogen-bond acceptors (Lipinski definition) is 6. The molecule has 0 aliphatic rings. The Kier molecular flexibility index (Phi) is 5.36. The number of nitrogens with one attached hydrogen (secondary N) is 2. The molecule has 3 aromatic rings. The molecule has 2 aromatic heterocycles. The number of aromatic nitrogens is 3. The average molecular weight is 337 g/mol. The standard InChI is InChI=1S/C18H19N5O2/c1-13-10-16(23-25-13)22-18(24)15-11-21-17(12-20-15)19-9-5-8-14-6-3-2-4-7-14/h2-4,6-7,10-12H,5,8-9H2,1H3,(H,19,21)(H,22,23,24). The summed E-state index contributed by atoms with van der Waals surface area (Å²) in [5.41, 5.74) is 1.53. The minimum Gasteiger partial charge on any atom is -0.369 e. The van der Waals surface area contributed by atoms with Crippen molar-refractivity contribution in [3.8, 4) is 0 Å². The molecule has 0 saturated heterocycles. The predicted octanol–water partition coefficient (Wildman–Crippen LogP) is 3.07. The molecule has 1 amide bonds. The Morgan fingerprint density at radius 1 is 1.12 bits per heavy atom. The Bertz CT molecular complexity index is 815. The van der Waals surface area contributed by atoms with Gasteiger partial charge in [0.05, 0.1) is 12.4 Å². The first kappa shape index (κ1) is 16.6. The quantitative estimate of drug-likeness (QED) is 0.644. The number of carbonyl (C=O) groups is 1. The van der Waals surface area contributed by atoms with E-state index in [0.29, 0.717) is 17.4 Å². The van der Waals surface area contributed by atoms with Crippen LogP contribution in [0.3, 0.4) is 0 Å². The highest BCUT2D eigenvalue weighted by atomic mass is 16.5. The summed E-state index contributed by atoms with van der Waals surface area (Å²) >= 11 is 0. The van der Waals surface area contributed by atoms with Crippen molar-refractivity contribution in [3.63, 3.8) is 0 Å². The Balaban J connectivity index is 1.46. The Morgan fingerprint density at radius 3 is 2.64 bits per heavy atom. The molecule has 128 valence electrons. The molecular weight excluding hydrogens is 318 g/mol. The molecule has 0 radical (unpaired) electrons. The molecule has 0 unspecified atom stereocenters. The lowest BCUT2D eigenvalue weighted by atomic mass is 10.1. The molecule has 2 heterocycles. The normalized spacial score (nSPS) is 10.4.